The lowest BCUT2D eigenvalue weighted by atomic mass is 10.1. The first-order chi connectivity index (χ1) is 15.9. The third-order valence-electron chi connectivity index (χ3n) is 4.40. The van der Waals surface area contributed by atoms with Gasteiger partial charge >= 0.3 is 5.97 Å². The molecule has 3 rings (SSSR count). The van der Waals surface area contributed by atoms with E-state index in [1.807, 2.05) is 6.07 Å². The Morgan fingerprint density at radius 3 is 2.61 bits per heavy atom. The van der Waals surface area contributed by atoms with E-state index in [9.17, 15) is 14.9 Å². The molecule has 33 heavy (non-hydrogen) atoms. The maximum absolute atomic E-state index is 12.5. The van der Waals surface area contributed by atoms with Crippen LogP contribution in [0.5, 0.6) is 11.5 Å². The molecule has 0 saturated carbocycles. The Hall–Kier alpha value is -4.22. The van der Waals surface area contributed by atoms with Crippen LogP contribution in [0.1, 0.15) is 21.9 Å². The molecule has 2 aromatic carbocycles. The second kappa shape index (κ2) is 10.9. The topological polar surface area (TPSA) is 111 Å². The monoisotopic (exact) mass is 466 g/mol. The zero-order valence-electron chi connectivity index (χ0n) is 17.8. The average molecular weight is 467 g/mol. The van der Waals surface area contributed by atoms with Crippen molar-refractivity contribution in [3.05, 3.63) is 82.3 Å². The number of nitrogens with one attached hydrogen (secondary N) is 1. The van der Waals surface area contributed by atoms with Gasteiger partial charge in [0.2, 0.25) is 5.76 Å². The second-order valence-electron chi connectivity index (χ2n) is 6.56. The third kappa shape index (κ3) is 5.93. The van der Waals surface area contributed by atoms with Gasteiger partial charge in [0.15, 0.2) is 11.5 Å². The van der Waals surface area contributed by atoms with E-state index in [-0.39, 0.29) is 17.9 Å². The van der Waals surface area contributed by atoms with Crippen molar-refractivity contribution in [3.63, 3.8) is 0 Å². The van der Waals surface area contributed by atoms with Crippen LogP contribution < -0.4 is 14.8 Å². The number of halogens is 1. The average Bonchev–Trinajstić information content (AvgIpc) is 3.31. The Kier molecular flexibility index (Phi) is 7.73. The molecule has 0 saturated heterocycles. The Bertz CT molecular complexity index is 1240. The minimum atomic E-state index is -0.593. The smallest absolute Gasteiger partial charge is 0.373 e. The Labute approximate surface area is 194 Å². The lowest BCUT2D eigenvalue weighted by Crippen LogP contribution is -2.13. The number of esters is 1. The van der Waals surface area contributed by atoms with Gasteiger partial charge in [-0.2, -0.15) is 5.26 Å². The lowest BCUT2D eigenvalue weighted by molar-refractivity contribution is -0.112. The molecule has 1 amide bonds. The highest BCUT2D eigenvalue weighted by Crippen LogP contribution is 2.30. The highest BCUT2D eigenvalue weighted by molar-refractivity contribution is 6.34. The Morgan fingerprint density at radius 2 is 1.91 bits per heavy atom. The van der Waals surface area contributed by atoms with Gasteiger partial charge in [0.25, 0.3) is 5.91 Å². The fourth-order valence-corrected chi connectivity index (χ4v) is 2.96. The number of furan rings is 1. The normalized spacial score (nSPS) is 10.8. The van der Waals surface area contributed by atoms with Gasteiger partial charge in [-0.25, -0.2) is 4.79 Å². The largest absolute Gasteiger partial charge is 0.493 e. The summed E-state index contributed by atoms with van der Waals surface area (Å²) >= 11 is 6.05. The van der Waals surface area contributed by atoms with Crippen molar-refractivity contribution >= 4 is 35.2 Å². The first kappa shape index (κ1) is 23.4. The molecule has 3 aromatic rings. The number of benzene rings is 2. The molecule has 0 atom stereocenters. The van der Waals surface area contributed by atoms with E-state index < -0.39 is 11.9 Å². The molecule has 9 heteroatoms. The van der Waals surface area contributed by atoms with E-state index in [0.29, 0.717) is 33.5 Å². The van der Waals surface area contributed by atoms with Gasteiger partial charge in [0.05, 0.1) is 24.9 Å². The summed E-state index contributed by atoms with van der Waals surface area (Å²) in [5.74, 6) is 0.107. The molecule has 168 valence electrons. The molecule has 0 aliphatic carbocycles. The molecule has 1 aromatic heterocycles. The van der Waals surface area contributed by atoms with Gasteiger partial charge in [0, 0.05) is 0 Å². The minimum absolute atomic E-state index is 0.0478. The van der Waals surface area contributed by atoms with Gasteiger partial charge in [0.1, 0.15) is 24.0 Å². The molecule has 0 spiro atoms. The summed E-state index contributed by atoms with van der Waals surface area (Å²) in [6, 6.07) is 16.6. The van der Waals surface area contributed by atoms with Crippen LogP contribution in [-0.2, 0) is 16.1 Å². The number of hydrogen-bond acceptors (Lipinski definition) is 7. The van der Waals surface area contributed by atoms with Crippen LogP contribution in [0.2, 0.25) is 5.02 Å². The van der Waals surface area contributed by atoms with Gasteiger partial charge in [-0.15, -0.1) is 0 Å². The number of carbonyl (C=O) groups excluding carboxylic acids is 2. The number of carbonyl (C=O) groups is 2. The molecule has 1 heterocycles. The van der Waals surface area contributed by atoms with Crippen LogP contribution in [0.3, 0.4) is 0 Å². The number of amides is 1. The highest BCUT2D eigenvalue weighted by atomic mass is 35.5. The summed E-state index contributed by atoms with van der Waals surface area (Å²) in [5.41, 5.74) is 0.840. The molecular weight excluding hydrogens is 448 g/mol. The highest BCUT2D eigenvalue weighted by Gasteiger charge is 2.14. The van der Waals surface area contributed by atoms with Crippen LogP contribution in [0, 0.1) is 11.3 Å². The lowest BCUT2D eigenvalue weighted by Gasteiger charge is -2.11. The fraction of sp³-hybridized carbons (Fsp3) is 0.125. The van der Waals surface area contributed by atoms with E-state index in [4.69, 9.17) is 25.5 Å². The fourth-order valence-electron chi connectivity index (χ4n) is 2.78. The van der Waals surface area contributed by atoms with Crippen LogP contribution in [-0.4, -0.2) is 26.1 Å². The Morgan fingerprint density at radius 1 is 1.12 bits per heavy atom. The zero-order valence-corrected chi connectivity index (χ0v) is 18.5. The molecule has 0 unspecified atom stereocenters. The Balaban J connectivity index is 1.73. The number of para-hydroxylation sites is 1. The molecular formula is C24H19ClN2O6. The molecule has 1 N–H and O–H groups in total. The molecule has 0 bridgehead atoms. The first-order valence-corrected chi connectivity index (χ1v) is 9.98. The minimum Gasteiger partial charge on any atom is -0.493 e. The zero-order chi connectivity index (χ0) is 23.8. The van der Waals surface area contributed by atoms with E-state index >= 15 is 0 Å². The van der Waals surface area contributed by atoms with Crippen molar-refractivity contribution < 1.29 is 28.2 Å². The van der Waals surface area contributed by atoms with Crippen molar-refractivity contribution in [2.24, 2.45) is 0 Å². The maximum atomic E-state index is 12.5. The van der Waals surface area contributed by atoms with Crippen LogP contribution in [0.15, 0.2) is 64.6 Å². The number of ether oxygens (including phenoxy) is 3. The van der Waals surface area contributed by atoms with Gasteiger partial charge in [-0.3, -0.25) is 4.79 Å². The standard InChI is InChI=1S/C24H19ClN2O6/c1-30-22-12-15(11-16(13-26)23(28)27-19-6-4-3-5-18(19)25)7-9-20(22)32-14-17-8-10-21(33-17)24(29)31-2/h3-12H,14H2,1-2H3,(H,27,28)/b16-11+. The van der Waals surface area contributed by atoms with E-state index in [0.717, 1.165) is 0 Å². The summed E-state index contributed by atoms with van der Waals surface area (Å²) in [6.45, 7) is 0.0478. The van der Waals surface area contributed by atoms with Crippen LogP contribution in [0.25, 0.3) is 6.08 Å². The predicted octanol–water partition coefficient (Wildman–Crippen LogP) is 4.85. The molecule has 0 aliphatic heterocycles. The van der Waals surface area contributed by atoms with E-state index in [2.05, 4.69) is 10.1 Å². The van der Waals surface area contributed by atoms with E-state index in [1.54, 1.807) is 48.5 Å². The van der Waals surface area contributed by atoms with Crippen LogP contribution >= 0.6 is 11.6 Å². The second-order valence-corrected chi connectivity index (χ2v) is 6.97. The summed E-state index contributed by atoms with van der Waals surface area (Å²) in [4.78, 5) is 24.0. The molecule has 0 aliphatic rings. The van der Waals surface area contributed by atoms with Gasteiger partial charge in [-0.05, 0) is 48.0 Å². The maximum Gasteiger partial charge on any atom is 0.373 e. The van der Waals surface area contributed by atoms with Gasteiger partial charge < -0.3 is 23.9 Å². The predicted molar refractivity (Wildman–Crippen MR) is 121 cm³/mol. The first-order valence-electron chi connectivity index (χ1n) is 9.60. The number of rotatable bonds is 8. The SMILES string of the molecule is COC(=O)c1ccc(COc2ccc(/C=C(\C#N)C(=O)Nc3ccccc3Cl)cc2OC)o1. The van der Waals surface area contributed by atoms with E-state index in [1.165, 1.54) is 26.4 Å². The van der Waals surface area contributed by atoms with Crippen molar-refractivity contribution in [2.75, 3.05) is 19.5 Å². The summed E-state index contributed by atoms with van der Waals surface area (Å²) in [5, 5.41) is 12.4. The van der Waals surface area contributed by atoms with Crippen molar-refractivity contribution in [1.29, 1.82) is 5.26 Å². The molecule has 0 radical (unpaired) electrons. The van der Waals surface area contributed by atoms with Crippen molar-refractivity contribution in [3.8, 4) is 17.6 Å². The van der Waals surface area contributed by atoms with Crippen LogP contribution in [0.4, 0.5) is 5.69 Å². The number of hydrogen-bond donors (Lipinski definition) is 1. The number of nitriles is 1. The summed E-state index contributed by atoms with van der Waals surface area (Å²) in [7, 11) is 2.73. The summed E-state index contributed by atoms with van der Waals surface area (Å²) < 4.78 is 21.0. The number of anilines is 1. The van der Waals surface area contributed by atoms with Gasteiger partial charge in [-0.1, -0.05) is 29.8 Å². The number of nitrogens with zero attached hydrogens (tertiary/aromatic N) is 1. The quantitative estimate of drug-likeness (QED) is 0.287. The molecule has 0 fully saturated rings. The summed E-state index contributed by atoms with van der Waals surface area (Å²) in [6.07, 6.45) is 1.42. The van der Waals surface area contributed by atoms with Crippen molar-refractivity contribution in [2.45, 2.75) is 6.61 Å². The molecule has 8 nitrogen and oxygen atoms in total. The van der Waals surface area contributed by atoms with Crippen molar-refractivity contribution in [1.82, 2.24) is 0 Å². The number of methoxy groups -OCH3 is 2. The third-order valence-corrected chi connectivity index (χ3v) is 4.73.